The molecule has 2 rings (SSSR count). The van der Waals surface area contributed by atoms with Crippen LogP contribution in [0.4, 0.5) is 0 Å². The van der Waals surface area contributed by atoms with Crippen molar-refractivity contribution in [3.63, 3.8) is 0 Å². The summed E-state index contributed by atoms with van der Waals surface area (Å²) >= 11 is 0. The predicted molar refractivity (Wildman–Crippen MR) is 58.8 cm³/mol. The topological polar surface area (TPSA) is 66.5 Å². The largest absolute Gasteiger partial charge is 0.313 e. The van der Waals surface area contributed by atoms with Crippen molar-refractivity contribution in [2.24, 2.45) is 0 Å². The lowest BCUT2D eigenvalue weighted by Gasteiger charge is -2.05. The lowest BCUT2D eigenvalue weighted by Crippen LogP contribution is -2.12. The average Bonchev–Trinajstić information content (AvgIpc) is 2.78. The highest BCUT2D eigenvalue weighted by molar-refractivity contribution is 5.40. The molecular weight excluding hydrogens is 202 g/mol. The van der Waals surface area contributed by atoms with Crippen molar-refractivity contribution < 1.29 is 0 Å². The van der Waals surface area contributed by atoms with Gasteiger partial charge in [-0.05, 0) is 25.2 Å². The summed E-state index contributed by atoms with van der Waals surface area (Å²) < 4.78 is 1.72. The van der Waals surface area contributed by atoms with Gasteiger partial charge >= 0.3 is 0 Å². The van der Waals surface area contributed by atoms with Gasteiger partial charge in [0.2, 0.25) is 0 Å². The highest BCUT2D eigenvalue weighted by Gasteiger charge is 2.05. The van der Waals surface area contributed by atoms with Crippen LogP contribution in [0.2, 0.25) is 0 Å². The predicted octanol–water partition coefficient (Wildman–Crippen LogP) is 0.858. The molecule has 80 valence electrons. The third kappa shape index (κ3) is 1.92. The third-order valence-electron chi connectivity index (χ3n) is 2.17. The first-order valence-electron chi connectivity index (χ1n) is 4.89. The van der Waals surface area contributed by atoms with Crippen LogP contribution in [0.15, 0.2) is 30.6 Å². The lowest BCUT2D eigenvalue weighted by atomic mass is 10.2. The zero-order valence-corrected chi connectivity index (χ0v) is 8.88. The molecule has 2 aromatic rings. The quantitative estimate of drug-likeness (QED) is 0.821. The fourth-order valence-corrected chi connectivity index (χ4v) is 1.47. The number of hydrogen-bond donors (Lipinski definition) is 1. The van der Waals surface area contributed by atoms with Crippen LogP contribution >= 0.6 is 0 Å². The monoisotopic (exact) mass is 213 g/mol. The summed E-state index contributed by atoms with van der Waals surface area (Å²) in [4.78, 5) is 4.14. The first kappa shape index (κ1) is 10.3. The third-order valence-corrected chi connectivity index (χ3v) is 2.17. The van der Waals surface area contributed by atoms with Crippen LogP contribution in [0, 0.1) is 11.3 Å². The molecule has 0 unspecified atom stereocenters. The molecule has 1 N–H and O–H groups in total. The molecule has 0 aliphatic carbocycles. The molecule has 16 heavy (non-hydrogen) atoms. The molecule has 1 heterocycles. The molecule has 5 nitrogen and oxygen atoms in total. The van der Waals surface area contributed by atoms with Gasteiger partial charge in [0, 0.05) is 0 Å². The number of aromatic nitrogens is 3. The molecule has 0 aliphatic heterocycles. The second kappa shape index (κ2) is 4.55. The van der Waals surface area contributed by atoms with E-state index in [1.807, 2.05) is 19.2 Å². The van der Waals surface area contributed by atoms with Gasteiger partial charge in [0.1, 0.15) is 12.2 Å². The zero-order chi connectivity index (χ0) is 11.4. The molecule has 0 spiro atoms. The van der Waals surface area contributed by atoms with Crippen LogP contribution in [-0.2, 0) is 6.54 Å². The Kier molecular flexibility index (Phi) is 2.94. The van der Waals surface area contributed by atoms with Gasteiger partial charge in [-0.3, -0.25) is 0 Å². The summed E-state index contributed by atoms with van der Waals surface area (Å²) in [6.45, 7) is 0.636. The van der Waals surface area contributed by atoms with E-state index in [1.54, 1.807) is 16.8 Å². The Morgan fingerprint density at radius 3 is 3.12 bits per heavy atom. The molecule has 0 bridgehead atoms. The normalized spacial score (nSPS) is 10.0. The van der Waals surface area contributed by atoms with Crippen LogP contribution in [0.1, 0.15) is 11.4 Å². The van der Waals surface area contributed by atoms with Crippen LogP contribution in [0.25, 0.3) is 5.69 Å². The van der Waals surface area contributed by atoms with Gasteiger partial charge in [-0.25, -0.2) is 9.67 Å². The van der Waals surface area contributed by atoms with E-state index in [9.17, 15) is 0 Å². The molecule has 0 aliphatic rings. The Labute approximate surface area is 93.4 Å². The number of nitrogens with zero attached hydrogens (tertiary/aromatic N) is 4. The summed E-state index contributed by atoms with van der Waals surface area (Å²) in [6.07, 6.45) is 1.51. The van der Waals surface area contributed by atoms with Crippen molar-refractivity contribution in [3.8, 4) is 11.8 Å². The van der Waals surface area contributed by atoms with Gasteiger partial charge in [0.05, 0.1) is 23.9 Å². The van der Waals surface area contributed by atoms with Crippen molar-refractivity contribution in [1.82, 2.24) is 20.1 Å². The Morgan fingerprint density at radius 2 is 2.38 bits per heavy atom. The summed E-state index contributed by atoms with van der Waals surface area (Å²) in [5.41, 5.74) is 1.46. The first-order chi connectivity index (χ1) is 7.85. The summed E-state index contributed by atoms with van der Waals surface area (Å²) in [6, 6.07) is 9.38. The SMILES string of the molecule is CNCc1ncnn1-c1cccc(C#N)c1. The molecule has 0 saturated carbocycles. The number of nitriles is 1. The lowest BCUT2D eigenvalue weighted by molar-refractivity contribution is 0.712. The molecule has 1 aromatic heterocycles. The van der Waals surface area contributed by atoms with E-state index in [-0.39, 0.29) is 0 Å². The van der Waals surface area contributed by atoms with Gasteiger partial charge in [-0.1, -0.05) is 6.07 Å². The first-order valence-corrected chi connectivity index (χ1v) is 4.89. The molecule has 1 aromatic carbocycles. The molecular formula is C11H11N5. The highest BCUT2D eigenvalue weighted by atomic mass is 15.3. The maximum atomic E-state index is 8.82. The van der Waals surface area contributed by atoms with E-state index < -0.39 is 0 Å². The molecule has 0 amide bonds. The second-order valence-corrected chi connectivity index (χ2v) is 3.28. The minimum Gasteiger partial charge on any atom is -0.313 e. The van der Waals surface area contributed by atoms with Crippen molar-refractivity contribution in [2.75, 3.05) is 7.05 Å². The molecule has 0 radical (unpaired) electrons. The number of rotatable bonds is 3. The average molecular weight is 213 g/mol. The summed E-state index contributed by atoms with van der Waals surface area (Å²) in [5.74, 6) is 0.817. The molecule has 0 atom stereocenters. The number of hydrogen-bond acceptors (Lipinski definition) is 4. The zero-order valence-electron chi connectivity index (χ0n) is 8.88. The van der Waals surface area contributed by atoms with E-state index in [2.05, 4.69) is 21.5 Å². The Morgan fingerprint density at radius 1 is 1.50 bits per heavy atom. The van der Waals surface area contributed by atoms with E-state index in [4.69, 9.17) is 5.26 Å². The van der Waals surface area contributed by atoms with E-state index in [1.165, 1.54) is 6.33 Å². The Bertz CT molecular complexity index is 523. The number of nitrogens with one attached hydrogen (secondary N) is 1. The van der Waals surface area contributed by atoms with Crippen LogP contribution in [-0.4, -0.2) is 21.8 Å². The Hall–Kier alpha value is -2.19. The maximum Gasteiger partial charge on any atom is 0.146 e. The van der Waals surface area contributed by atoms with Gasteiger partial charge in [0.25, 0.3) is 0 Å². The molecule has 0 fully saturated rings. The van der Waals surface area contributed by atoms with E-state index >= 15 is 0 Å². The van der Waals surface area contributed by atoms with Crippen LogP contribution in [0.5, 0.6) is 0 Å². The van der Waals surface area contributed by atoms with E-state index in [0.717, 1.165) is 11.5 Å². The highest BCUT2D eigenvalue weighted by Crippen LogP contribution is 2.10. The van der Waals surface area contributed by atoms with E-state index in [0.29, 0.717) is 12.1 Å². The minimum absolute atomic E-state index is 0.614. The van der Waals surface area contributed by atoms with Crippen molar-refractivity contribution in [3.05, 3.63) is 42.0 Å². The van der Waals surface area contributed by atoms with Gasteiger partial charge in [-0.2, -0.15) is 10.4 Å². The summed E-state index contributed by atoms with van der Waals surface area (Å²) in [5, 5.41) is 16.0. The fraction of sp³-hybridized carbons (Fsp3) is 0.182. The van der Waals surface area contributed by atoms with Crippen molar-refractivity contribution in [1.29, 1.82) is 5.26 Å². The minimum atomic E-state index is 0.614. The molecule has 0 saturated heterocycles. The van der Waals surface area contributed by atoms with Gasteiger partial charge in [-0.15, -0.1) is 0 Å². The number of benzene rings is 1. The fourth-order valence-electron chi connectivity index (χ4n) is 1.47. The Balaban J connectivity index is 2.42. The second-order valence-electron chi connectivity index (χ2n) is 3.28. The maximum absolute atomic E-state index is 8.82. The smallest absolute Gasteiger partial charge is 0.146 e. The molecule has 5 heteroatoms. The van der Waals surface area contributed by atoms with Crippen LogP contribution in [0.3, 0.4) is 0 Å². The van der Waals surface area contributed by atoms with Gasteiger partial charge < -0.3 is 5.32 Å². The van der Waals surface area contributed by atoms with Crippen molar-refractivity contribution in [2.45, 2.75) is 6.54 Å². The van der Waals surface area contributed by atoms with Crippen molar-refractivity contribution >= 4 is 0 Å². The summed E-state index contributed by atoms with van der Waals surface area (Å²) in [7, 11) is 1.85. The van der Waals surface area contributed by atoms with Gasteiger partial charge in [0.15, 0.2) is 0 Å². The van der Waals surface area contributed by atoms with Crippen LogP contribution < -0.4 is 5.32 Å². The standard InChI is InChI=1S/C11H11N5/c1-13-7-11-14-8-15-16(11)10-4-2-3-9(5-10)6-12/h2-5,8,13H,7H2,1H3.